The average Bonchev–Trinajstić information content (AvgIpc) is 2.58. The Balaban J connectivity index is 1.91. The van der Waals surface area contributed by atoms with E-state index in [1.54, 1.807) is 0 Å². The summed E-state index contributed by atoms with van der Waals surface area (Å²) in [6.45, 7) is 4.85. The van der Waals surface area contributed by atoms with Crippen LogP contribution < -0.4 is 5.32 Å². The summed E-state index contributed by atoms with van der Waals surface area (Å²) in [4.78, 5) is 0. The Hall–Kier alpha value is -0.940. The zero-order valence-electron chi connectivity index (χ0n) is 9.62. The summed E-state index contributed by atoms with van der Waals surface area (Å²) in [5.41, 5.74) is 1.87. The van der Waals surface area contributed by atoms with Gasteiger partial charge in [-0.05, 0) is 26.7 Å². The van der Waals surface area contributed by atoms with Crippen molar-refractivity contribution in [2.45, 2.75) is 45.6 Å². The van der Waals surface area contributed by atoms with E-state index in [2.05, 4.69) is 10.5 Å². The zero-order valence-corrected chi connectivity index (χ0v) is 9.62. The molecular weight excluding hydrogens is 211 g/mol. The van der Waals surface area contributed by atoms with Crippen LogP contribution in [0.5, 0.6) is 0 Å². The van der Waals surface area contributed by atoms with Gasteiger partial charge < -0.3 is 14.6 Å². The molecule has 2 rings (SSSR count). The minimum atomic E-state index is -1.20. The second kappa shape index (κ2) is 4.93. The molecule has 1 aliphatic rings. The lowest BCUT2D eigenvalue weighted by molar-refractivity contribution is -0.0897. The Labute approximate surface area is 94.1 Å². The molecule has 2 atom stereocenters. The third-order valence-corrected chi connectivity index (χ3v) is 2.98. The molecule has 1 aromatic rings. The fraction of sp³-hybridized carbons (Fsp3) is 0.727. The molecule has 5 heteroatoms. The molecule has 1 aliphatic heterocycles. The molecule has 1 aromatic heterocycles. The van der Waals surface area contributed by atoms with Gasteiger partial charge in [0, 0.05) is 12.1 Å². The van der Waals surface area contributed by atoms with Crippen LogP contribution in [0.4, 0.5) is 4.39 Å². The van der Waals surface area contributed by atoms with Crippen LogP contribution in [0.1, 0.15) is 29.9 Å². The van der Waals surface area contributed by atoms with Gasteiger partial charge in [0.05, 0.1) is 18.3 Å². The third kappa shape index (κ3) is 2.41. The van der Waals surface area contributed by atoms with Crippen molar-refractivity contribution in [1.29, 1.82) is 0 Å². The second-order valence-corrected chi connectivity index (χ2v) is 4.15. The first kappa shape index (κ1) is 11.5. The molecule has 2 heterocycles. The first-order valence-corrected chi connectivity index (χ1v) is 5.59. The topological polar surface area (TPSA) is 47.3 Å². The first-order chi connectivity index (χ1) is 7.68. The number of aryl methyl sites for hydroxylation is 2. The number of aromatic nitrogens is 1. The van der Waals surface area contributed by atoms with Crippen molar-refractivity contribution in [3.05, 3.63) is 17.0 Å². The highest BCUT2D eigenvalue weighted by atomic mass is 19.1. The Morgan fingerprint density at radius 2 is 2.31 bits per heavy atom. The van der Waals surface area contributed by atoms with Crippen LogP contribution in [0.25, 0.3) is 0 Å². The van der Waals surface area contributed by atoms with Gasteiger partial charge in [-0.1, -0.05) is 5.16 Å². The van der Waals surface area contributed by atoms with Gasteiger partial charge in [-0.3, -0.25) is 0 Å². The molecule has 1 fully saturated rings. The van der Waals surface area contributed by atoms with Gasteiger partial charge in [-0.2, -0.15) is 0 Å². The maximum atomic E-state index is 13.4. The van der Waals surface area contributed by atoms with Gasteiger partial charge in [0.2, 0.25) is 6.36 Å². The number of hydrogen-bond acceptors (Lipinski definition) is 4. The number of alkyl halides is 1. The summed E-state index contributed by atoms with van der Waals surface area (Å²) >= 11 is 0. The maximum absolute atomic E-state index is 13.4. The van der Waals surface area contributed by atoms with E-state index in [1.165, 1.54) is 0 Å². The van der Waals surface area contributed by atoms with Crippen LogP contribution in [0.15, 0.2) is 4.52 Å². The molecule has 0 aromatic carbocycles. The number of halogens is 1. The van der Waals surface area contributed by atoms with E-state index in [1.807, 2.05) is 13.8 Å². The van der Waals surface area contributed by atoms with Crippen molar-refractivity contribution in [2.75, 3.05) is 6.61 Å². The summed E-state index contributed by atoms with van der Waals surface area (Å²) in [7, 11) is 0. The second-order valence-electron chi connectivity index (χ2n) is 4.15. The third-order valence-electron chi connectivity index (χ3n) is 2.98. The van der Waals surface area contributed by atoms with Crippen LogP contribution in [0.2, 0.25) is 0 Å². The highest BCUT2D eigenvalue weighted by Crippen LogP contribution is 2.17. The standard InChI is InChI=1S/C11H17FN2O2/c1-7-9(8(2)16-14-7)6-13-10-4-3-5-15-11(10)12/h10-11,13H,3-6H2,1-2H3. The summed E-state index contributed by atoms with van der Waals surface area (Å²) in [5.74, 6) is 0.789. The smallest absolute Gasteiger partial charge is 0.214 e. The molecule has 0 saturated carbocycles. The van der Waals surface area contributed by atoms with E-state index in [-0.39, 0.29) is 6.04 Å². The SMILES string of the molecule is Cc1noc(C)c1CNC1CCCOC1F. The molecule has 0 radical (unpaired) electrons. The number of rotatable bonds is 3. The molecule has 0 bridgehead atoms. The molecule has 0 spiro atoms. The van der Waals surface area contributed by atoms with Gasteiger partial charge >= 0.3 is 0 Å². The highest BCUT2D eigenvalue weighted by Gasteiger charge is 2.25. The Kier molecular flexibility index (Phi) is 3.56. The fourth-order valence-electron chi connectivity index (χ4n) is 1.93. The summed E-state index contributed by atoms with van der Waals surface area (Å²) in [5, 5.41) is 7.01. The van der Waals surface area contributed by atoms with Crippen molar-refractivity contribution in [2.24, 2.45) is 0 Å². The van der Waals surface area contributed by atoms with E-state index in [0.717, 1.165) is 29.9 Å². The van der Waals surface area contributed by atoms with Crippen molar-refractivity contribution in [3.63, 3.8) is 0 Å². The maximum Gasteiger partial charge on any atom is 0.214 e. The minimum Gasteiger partial charge on any atom is -0.361 e. The van der Waals surface area contributed by atoms with Crippen molar-refractivity contribution >= 4 is 0 Å². The van der Waals surface area contributed by atoms with Crippen molar-refractivity contribution in [1.82, 2.24) is 10.5 Å². The summed E-state index contributed by atoms with van der Waals surface area (Å²) in [6, 6.07) is -0.220. The number of nitrogens with one attached hydrogen (secondary N) is 1. The normalized spacial score (nSPS) is 25.9. The van der Waals surface area contributed by atoms with Crippen LogP contribution in [0, 0.1) is 13.8 Å². The van der Waals surface area contributed by atoms with E-state index >= 15 is 0 Å². The van der Waals surface area contributed by atoms with Gasteiger partial charge in [0.1, 0.15) is 5.76 Å². The molecule has 0 aliphatic carbocycles. The average molecular weight is 228 g/mol. The molecule has 4 nitrogen and oxygen atoms in total. The predicted octanol–water partition coefficient (Wildman–Crippen LogP) is 1.86. The first-order valence-electron chi connectivity index (χ1n) is 5.59. The lowest BCUT2D eigenvalue weighted by Crippen LogP contribution is -2.42. The Bertz CT molecular complexity index is 334. The van der Waals surface area contributed by atoms with Gasteiger partial charge in [-0.15, -0.1) is 0 Å². The van der Waals surface area contributed by atoms with Crippen molar-refractivity contribution in [3.8, 4) is 0 Å². The van der Waals surface area contributed by atoms with Crippen LogP contribution >= 0.6 is 0 Å². The van der Waals surface area contributed by atoms with Crippen LogP contribution in [-0.2, 0) is 11.3 Å². The van der Waals surface area contributed by atoms with Crippen LogP contribution in [-0.4, -0.2) is 24.2 Å². The highest BCUT2D eigenvalue weighted by molar-refractivity contribution is 5.20. The number of nitrogens with zero attached hydrogens (tertiary/aromatic N) is 1. The molecule has 2 unspecified atom stereocenters. The van der Waals surface area contributed by atoms with E-state index in [0.29, 0.717) is 13.2 Å². The summed E-state index contributed by atoms with van der Waals surface area (Å²) in [6.07, 6.45) is 0.513. The molecule has 1 saturated heterocycles. The fourth-order valence-corrected chi connectivity index (χ4v) is 1.93. The molecule has 16 heavy (non-hydrogen) atoms. The molecular formula is C11H17FN2O2. The monoisotopic (exact) mass is 228 g/mol. The lowest BCUT2D eigenvalue weighted by atomic mass is 10.1. The molecule has 0 amide bonds. The molecule has 90 valence electrons. The Morgan fingerprint density at radius 3 is 2.94 bits per heavy atom. The van der Waals surface area contributed by atoms with E-state index in [4.69, 9.17) is 9.26 Å². The zero-order chi connectivity index (χ0) is 11.5. The summed E-state index contributed by atoms with van der Waals surface area (Å²) < 4.78 is 23.4. The Morgan fingerprint density at radius 1 is 1.50 bits per heavy atom. The quantitative estimate of drug-likeness (QED) is 0.857. The minimum absolute atomic E-state index is 0.220. The van der Waals surface area contributed by atoms with E-state index < -0.39 is 6.36 Å². The van der Waals surface area contributed by atoms with Gasteiger partial charge in [0.15, 0.2) is 0 Å². The number of ether oxygens (including phenoxy) is 1. The van der Waals surface area contributed by atoms with Crippen LogP contribution in [0.3, 0.4) is 0 Å². The molecule has 1 N–H and O–H groups in total. The predicted molar refractivity (Wildman–Crippen MR) is 56.7 cm³/mol. The number of hydrogen-bond donors (Lipinski definition) is 1. The largest absolute Gasteiger partial charge is 0.361 e. The lowest BCUT2D eigenvalue weighted by Gasteiger charge is -2.26. The van der Waals surface area contributed by atoms with Gasteiger partial charge in [0.25, 0.3) is 0 Å². The van der Waals surface area contributed by atoms with Gasteiger partial charge in [-0.25, -0.2) is 4.39 Å². The van der Waals surface area contributed by atoms with Crippen molar-refractivity contribution < 1.29 is 13.7 Å². The van der Waals surface area contributed by atoms with E-state index in [9.17, 15) is 4.39 Å².